The smallest absolute Gasteiger partial charge is 0.255 e. The molecule has 1 heterocycles. The number of amides is 1. The summed E-state index contributed by atoms with van der Waals surface area (Å²) in [6.45, 7) is 0.413. The van der Waals surface area contributed by atoms with Gasteiger partial charge in [0.25, 0.3) is 5.91 Å². The quantitative estimate of drug-likeness (QED) is 0.804. The highest BCUT2D eigenvalue weighted by Crippen LogP contribution is 2.22. The van der Waals surface area contributed by atoms with Crippen molar-refractivity contribution in [1.29, 1.82) is 0 Å². The van der Waals surface area contributed by atoms with Crippen LogP contribution in [0, 0.1) is 0 Å². The molecule has 0 spiro atoms. The number of carbonyl (C=O) groups excluding carboxylic acids is 1. The third-order valence-electron chi connectivity index (χ3n) is 3.09. The number of para-hydroxylation sites is 2. The van der Waals surface area contributed by atoms with Crippen LogP contribution in [0.5, 0.6) is 5.75 Å². The van der Waals surface area contributed by atoms with E-state index in [0.29, 0.717) is 17.9 Å². The number of hydrogen-bond donors (Lipinski definition) is 1. The van der Waals surface area contributed by atoms with Crippen LogP contribution in [0.15, 0.2) is 48.5 Å². The molecule has 0 saturated carbocycles. The van der Waals surface area contributed by atoms with Gasteiger partial charge in [-0.05, 0) is 24.3 Å². The van der Waals surface area contributed by atoms with Crippen molar-refractivity contribution < 1.29 is 9.53 Å². The third-order valence-corrected chi connectivity index (χ3v) is 4.13. The molecule has 1 amide bonds. The van der Waals surface area contributed by atoms with Gasteiger partial charge in [-0.3, -0.25) is 4.79 Å². The largest absolute Gasteiger partial charge is 0.496 e. The minimum Gasteiger partial charge on any atom is -0.496 e. The highest BCUT2D eigenvalue weighted by Gasteiger charge is 2.12. The van der Waals surface area contributed by atoms with Gasteiger partial charge in [0.1, 0.15) is 10.8 Å². The molecule has 4 nitrogen and oxygen atoms in total. The zero-order chi connectivity index (χ0) is 14.7. The van der Waals surface area contributed by atoms with Crippen molar-refractivity contribution in [3.63, 3.8) is 0 Å². The summed E-state index contributed by atoms with van der Waals surface area (Å²) in [6, 6.07) is 15.1. The van der Waals surface area contributed by atoms with Gasteiger partial charge in [-0.1, -0.05) is 24.3 Å². The van der Waals surface area contributed by atoms with Gasteiger partial charge < -0.3 is 10.1 Å². The van der Waals surface area contributed by atoms with Crippen molar-refractivity contribution in [3.8, 4) is 5.75 Å². The summed E-state index contributed by atoms with van der Waals surface area (Å²) in [5.41, 5.74) is 1.49. The number of nitrogens with one attached hydrogen (secondary N) is 1. The van der Waals surface area contributed by atoms with Crippen molar-refractivity contribution in [1.82, 2.24) is 10.3 Å². The lowest BCUT2D eigenvalue weighted by atomic mass is 10.2. The molecule has 0 unspecified atom stereocenters. The summed E-state index contributed by atoms with van der Waals surface area (Å²) in [6.07, 6.45) is 0. The zero-order valence-electron chi connectivity index (χ0n) is 11.5. The fourth-order valence-corrected chi connectivity index (χ4v) is 2.99. The number of rotatable bonds is 4. The fraction of sp³-hybridized carbons (Fsp3) is 0.125. The number of fused-ring (bicyclic) bond motifs is 1. The van der Waals surface area contributed by atoms with Gasteiger partial charge in [-0.2, -0.15) is 0 Å². The van der Waals surface area contributed by atoms with E-state index in [-0.39, 0.29) is 5.91 Å². The first-order chi connectivity index (χ1) is 10.3. The van der Waals surface area contributed by atoms with Gasteiger partial charge in [-0.15, -0.1) is 11.3 Å². The Morgan fingerprint density at radius 1 is 1.19 bits per heavy atom. The van der Waals surface area contributed by atoms with Crippen molar-refractivity contribution in [3.05, 3.63) is 59.1 Å². The lowest BCUT2D eigenvalue weighted by Gasteiger charge is -2.07. The van der Waals surface area contributed by atoms with E-state index in [1.807, 2.05) is 36.4 Å². The first-order valence-electron chi connectivity index (χ1n) is 6.53. The molecule has 0 fully saturated rings. The predicted molar refractivity (Wildman–Crippen MR) is 83.8 cm³/mol. The van der Waals surface area contributed by atoms with E-state index in [4.69, 9.17) is 4.74 Å². The molecule has 0 radical (unpaired) electrons. The Morgan fingerprint density at radius 3 is 2.76 bits per heavy atom. The predicted octanol–water partition coefficient (Wildman–Crippen LogP) is 3.23. The second-order valence-electron chi connectivity index (χ2n) is 4.46. The summed E-state index contributed by atoms with van der Waals surface area (Å²) >= 11 is 1.59. The number of ether oxygens (including phenoxy) is 1. The molecule has 0 atom stereocenters. The molecule has 0 aliphatic carbocycles. The van der Waals surface area contributed by atoms with Gasteiger partial charge >= 0.3 is 0 Å². The molecular weight excluding hydrogens is 284 g/mol. The molecule has 0 saturated heterocycles. The second kappa shape index (κ2) is 5.93. The molecule has 106 valence electrons. The van der Waals surface area contributed by atoms with E-state index < -0.39 is 0 Å². The highest BCUT2D eigenvalue weighted by molar-refractivity contribution is 7.18. The van der Waals surface area contributed by atoms with Crippen molar-refractivity contribution >= 4 is 27.5 Å². The standard InChI is InChI=1S/C16H14N2O2S/c1-20-13-8-4-2-6-11(13)16(19)17-10-15-18-12-7-3-5-9-14(12)21-15/h2-9H,10H2,1H3,(H,17,19). The van der Waals surface area contributed by atoms with E-state index >= 15 is 0 Å². The Bertz CT molecular complexity index is 750. The monoisotopic (exact) mass is 298 g/mol. The van der Waals surface area contributed by atoms with Gasteiger partial charge in [0.15, 0.2) is 0 Å². The lowest BCUT2D eigenvalue weighted by Crippen LogP contribution is -2.23. The minimum atomic E-state index is -0.160. The normalized spacial score (nSPS) is 10.5. The molecule has 0 aliphatic rings. The maximum absolute atomic E-state index is 12.2. The number of nitrogens with zero attached hydrogens (tertiary/aromatic N) is 1. The van der Waals surface area contributed by atoms with E-state index in [1.165, 1.54) is 0 Å². The van der Waals surface area contributed by atoms with Crippen LogP contribution in [0.1, 0.15) is 15.4 Å². The van der Waals surface area contributed by atoms with E-state index in [0.717, 1.165) is 15.2 Å². The van der Waals surface area contributed by atoms with Crippen molar-refractivity contribution in [2.45, 2.75) is 6.54 Å². The van der Waals surface area contributed by atoms with Crippen molar-refractivity contribution in [2.75, 3.05) is 7.11 Å². The van der Waals surface area contributed by atoms with Crippen LogP contribution in [0.3, 0.4) is 0 Å². The van der Waals surface area contributed by atoms with Crippen LogP contribution in [-0.4, -0.2) is 18.0 Å². The van der Waals surface area contributed by atoms with Gasteiger partial charge in [0.2, 0.25) is 0 Å². The van der Waals surface area contributed by atoms with Crippen LogP contribution in [-0.2, 0) is 6.54 Å². The zero-order valence-corrected chi connectivity index (χ0v) is 12.3. The molecule has 1 N–H and O–H groups in total. The molecule has 3 rings (SSSR count). The molecule has 5 heteroatoms. The lowest BCUT2D eigenvalue weighted by molar-refractivity contribution is 0.0948. The minimum absolute atomic E-state index is 0.160. The number of aromatic nitrogens is 1. The first-order valence-corrected chi connectivity index (χ1v) is 7.35. The number of thiazole rings is 1. The SMILES string of the molecule is COc1ccccc1C(=O)NCc1nc2ccccc2s1. The third kappa shape index (κ3) is 2.87. The maximum Gasteiger partial charge on any atom is 0.255 e. The Kier molecular flexibility index (Phi) is 3.83. The Morgan fingerprint density at radius 2 is 1.95 bits per heavy atom. The van der Waals surface area contributed by atoms with Crippen LogP contribution in [0.25, 0.3) is 10.2 Å². The topological polar surface area (TPSA) is 51.2 Å². The molecule has 3 aromatic rings. The first kappa shape index (κ1) is 13.6. The number of benzene rings is 2. The molecule has 2 aromatic carbocycles. The van der Waals surface area contributed by atoms with Gasteiger partial charge in [0.05, 0.1) is 29.4 Å². The number of hydrogen-bond acceptors (Lipinski definition) is 4. The fourth-order valence-electron chi connectivity index (χ4n) is 2.08. The van der Waals surface area contributed by atoms with Gasteiger partial charge in [0, 0.05) is 0 Å². The second-order valence-corrected chi connectivity index (χ2v) is 5.57. The van der Waals surface area contributed by atoms with Crippen molar-refractivity contribution in [2.24, 2.45) is 0 Å². The molecule has 0 aliphatic heterocycles. The molecule has 1 aromatic heterocycles. The van der Waals surface area contributed by atoms with Crippen LogP contribution < -0.4 is 10.1 Å². The Hall–Kier alpha value is -2.40. The summed E-state index contributed by atoms with van der Waals surface area (Å²) in [4.78, 5) is 16.7. The van der Waals surface area contributed by atoms with Crippen LogP contribution in [0.4, 0.5) is 0 Å². The summed E-state index contributed by atoms with van der Waals surface area (Å²) in [5, 5.41) is 3.77. The Balaban J connectivity index is 1.73. The average molecular weight is 298 g/mol. The summed E-state index contributed by atoms with van der Waals surface area (Å²) < 4.78 is 6.32. The summed E-state index contributed by atoms with van der Waals surface area (Å²) in [7, 11) is 1.56. The van der Waals surface area contributed by atoms with Gasteiger partial charge in [-0.25, -0.2) is 4.98 Å². The van der Waals surface area contributed by atoms with Crippen LogP contribution in [0.2, 0.25) is 0 Å². The Labute approximate surface area is 126 Å². The average Bonchev–Trinajstić information content (AvgIpc) is 2.95. The van der Waals surface area contributed by atoms with E-state index in [9.17, 15) is 4.79 Å². The molecule has 0 bridgehead atoms. The van der Waals surface area contributed by atoms with E-state index in [1.54, 1.807) is 30.6 Å². The highest BCUT2D eigenvalue weighted by atomic mass is 32.1. The maximum atomic E-state index is 12.2. The number of carbonyl (C=O) groups is 1. The number of methoxy groups -OCH3 is 1. The summed E-state index contributed by atoms with van der Waals surface area (Å²) in [5.74, 6) is 0.408. The molecule has 21 heavy (non-hydrogen) atoms. The van der Waals surface area contributed by atoms with Crippen LogP contribution >= 0.6 is 11.3 Å². The van der Waals surface area contributed by atoms with E-state index in [2.05, 4.69) is 10.3 Å². The molecular formula is C16H14N2O2S.